The fourth-order valence-corrected chi connectivity index (χ4v) is 3.22. The molecule has 1 aliphatic heterocycles. The number of imide groups is 1. The molecule has 0 spiro atoms. The maximum absolute atomic E-state index is 12.5. The number of carbonyl (C=O) groups is 3. The lowest BCUT2D eigenvalue weighted by atomic mass is 10.1. The van der Waals surface area contributed by atoms with Crippen LogP contribution in [0.5, 0.6) is 5.75 Å². The Balaban J connectivity index is 1.94. The van der Waals surface area contributed by atoms with E-state index in [1.54, 1.807) is 18.2 Å². The van der Waals surface area contributed by atoms with E-state index in [2.05, 4.69) is 10.6 Å². The lowest BCUT2D eigenvalue weighted by molar-refractivity contribution is 0.0879. The zero-order valence-corrected chi connectivity index (χ0v) is 13.6. The minimum Gasteiger partial charge on any atom is -0.506 e. The van der Waals surface area contributed by atoms with Gasteiger partial charge in [0, 0.05) is 4.90 Å². The number of hydrogen-bond donors (Lipinski definition) is 3. The summed E-state index contributed by atoms with van der Waals surface area (Å²) in [6.07, 6.45) is 0. The molecule has 2 aromatic rings. The number of carbonyl (C=O) groups excluding carboxylic acids is 3. The van der Waals surface area contributed by atoms with Crippen LogP contribution in [0.3, 0.4) is 0 Å². The fourth-order valence-electron chi connectivity index (χ4n) is 2.49. The van der Waals surface area contributed by atoms with Crippen molar-refractivity contribution in [3.8, 4) is 5.75 Å². The number of phenolic OH excluding ortho intramolecular Hbond substituents is 1. The van der Waals surface area contributed by atoms with E-state index in [0.29, 0.717) is 4.90 Å². The zero-order valence-electron chi connectivity index (χ0n) is 12.8. The Hall–Kier alpha value is -2.80. The second-order valence-electron chi connectivity index (χ2n) is 5.05. The summed E-state index contributed by atoms with van der Waals surface area (Å²) in [6.45, 7) is 1.94. The molecule has 3 N–H and O–H groups in total. The first kappa shape index (κ1) is 16.1. The van der Waals surface area contributed by atoms with Gasteiger partial charge in [-0.05, 0) is 30.0 Å². The number of hydrogen-bond acceptors (Lipinski definition) is 5. The Labute approximate surface area is 142 Å². The zero-order chi connectivity index (χ0) is 17.3. The number of amides is 3. The second-order valence-corrected chi connectivity index (χ2v) is 6.36. The van der Waals surface area contributed by atoms with Crippen LogP contribution in [0, 0.1) is 0 Å². The number of para-hydroxylation sites is 1. The molecule has 1 heterocycles. The minimum absolute atomic E-state index is 0.102. The normalized spacial score (nSPS) is 12.7. The summed E-state index contributed by atoms with van der Waals surface area (Å²) in [5.74, 6) is -0.935. The molecule has 6 nitrogen and oxygen atoms in total. The molecule has 3 rings (SSSR count). The Morgan fingerprint density at radius 3 is 2.67 bits per heavy atom. The molecule has 0 aliphatic carbocycles. The molecule has 3 amide bonds. The summed E-state index contributed by atoms with van der Waals surface area (Å²) in [4.78, 5) is 36.6. The molecule has 0 unspecified atom stereocenters. The SMILES string of the molecule is CCSc1cccc(C(=O)Nc2cccc3c2C(=O)NC3=O)c1O. The number of phenols is 1. The van der Waals surface area contributed by atoms with Crippen molar-refractivity contribution in [2.45, 2.75) is 11.8 Å². The minimum atomic E-state index is -0.551. The van der Waals surface area contributed by atoms with E-state index < -0.39 is 17.7 Å². The van der Waals surface area contributed by atoms with E-state index in [-0.39, 0.29) is 28.1 Å². The summed E-state index contributed by atoms with van der Waals surface area (Å²) in [6, 6.07) is 9.54. The predicted molar refractivity (Wildman–Crippen MR) is 90.7 cm³/mol. The molecular formula is C17H14N2O4S. The van der Waals surface area contributed by atoms with Crippen LogP contribution in [-0.4, -0.2) is 28.6 Å². The van der Waals surface area contributed by atoms with Crippen LogP contribution in [0.25, 0.3) is 0 Å². The third-order valence-electron chi connectivity index (χ3n) is 3.55. The average molecular weight is 342 g/mol. The Morgan fingerprint density at radius 1 is 1.17 bits per heavy atom. The van der Waals surface area contributed by atoms with Crippen LogP contribution >= 0.6 is 11.8 Å². The predicted octanol–water partition coefficient (Wildman–Crippen LogP) is 2.64. The van der Waals surface area contributed by atoms with Crippen LogP contribution in [0.15, 0.2) is 41.3 Å². The second kappa shape index (κ2) is 6.37. The fraction of sp³-hybridized carbons (Fsp3) is 0.118. The molecule has 1 aliphatic rings. The van der Waals surface area contributed by atoms with Gasteiger partial charge in [-0.1, -0.05) is 19.1 Å². The third kappa shape index (κ3) is 2.74. The number of aromatic hydroxyl groups is 1. The van der Waals surface area contributed by atoms with Gasteiger partial charge in [0.05, 0.1) is 22.4 Å². The van der Waals surface area contributed by atoms with Gasteiger partial charge < -0.3 is 10.4 Å². The van der Waals surface area contributed by atoms with Gasteiger partial charge in [0.2, 0.25) is 0 Å². The Bertz CT molecular complexity index is 864. The highest BCUT2D eigenvalue weighted by atomic mass is 32.2. The van der Waals surface area contributed by atoms with Crippen molar-refractivity contribution in [1.29, 1.82) is 0 Å². The number of nitrogens with one attached hydrogen (secondary N) is 2. The number of anilines is 1. The molecule has 0 saturated carbocycles. The number of rotatable bonds is 4. The maximum Gasteiger partial charge on any atom is 0.261 e. The van der Waals surface area contributed by atoms with Crippen molar-refractivity contribution in [1.82, 2.24) is 5.32 Å². The number of benzene rings is 2. The summed E-state index contributed by atoms with van der Waals surface area (Å²) < 4.78 is 0. The highest BCUT2D eigenvalue weighted by Crippen LogP contribution is 2.32. The van der Waals surface area contributed by atoms with Gasteiger partial charge in [-0.3, -0.25) is 19.7 Å². The van der Waals surface area contributed by atoms with Crippen LogP contribution in [-0.2, 0) is 0 Å². The van der Waals surface area contributed by atoms with Gasteiger partial charge in [-0.2, -0.15) is 0 Å². The number of thioether (sulfide) groups is 1. The highest BCUT2D eigenvalue weighted by molar-refractivity contribution is 7.99. The molecule has 0 atom stereocenters. The largest absolute Gasteiger partial charge is 0.506 e. The first-order valence-corrected chi connectivity index (χ1v) is 8.26. The van der Waals surface area contributed by atoms with Gasteiger partial charge in [-0.25, -0.2) is 0 Å². The van der Waals surface area contributed by atoms with E-state index in [0.717, 1.165) is 5.75 Å². The lowest BCUT2D eigenvalue weighted by Gasteiger charge is -2.11. The quantitative estimate of drug-likeness (QED) is 0.586. The summed E-state index contributed by atoms with van der Waals surface area (Å²) in [5, 5.41) is 15.0. The lowest BCUT2D eigenvalue weighted by Crippen LogP contribution is -2.21. The molecule has 0 radical (unpaired) electrons. The maximum atomic E-state index is 12.5. The molecule has 122 valence electrons. The molecule has 0 bridgehead atoms. The molecule has 2 aromatic carbocycles. The molecule has 0 saturated heterocycles. The van der Waals surface area contributed by atoms with Crippen molar-refractivity contribution < 1.29 is 19.5 Å². The van der Waals surface area contributed by atoms with E-state index >= 15 is 0 Å². The topological polar surface area (TPSA) is 95.5 Å². The molecule has 0 fully saturated rings. The van der Waals surface area contributed by atoms with Crippen molar-refractivity contribution in [3.63, 3.8) is 0 Å². The van der Waals surface area contributed by atoms with Gasteiger partial charge in [0.15, 0.2) is 0 Å². The summed E-state index contributed by atoms with van der Waals surface area (Å²) >= 11 is 1.42. The van der Waals surface area contributed by atoms with Gasteiger partial charge in [-0.15, -0.1) is 11.8 Å². The van der Waals surface area contributed by atoms with Crippen molar-refractivity contribution in [2.24, 2.45) is 0 Å². The monoisotopic (exact) mass is 342 g/mol. The molecule has 24 heavy (non-hydrogen) atoms. The smallest absolute Gasteiger partial charge is 0.261 e. The van der Waals surface area contributed by atoms with Crippen molar-refractivity contribution in [3.05, 3.63) is 53.1 Å². The molecule has 0 aromatic heterocycles. The van der Waals surface area contributed by atoms with E-state index in [1.807, 2.05) is 6.92 Å². The van der Waals surface area contributed by atoms with Crippen LogP contribution in [0.2, 0.25) is 0 Å². The highest BCUT2D eigenvalue weighted by Gasteiger charge is 2.30. The van der Waals surface area contributed by atoms with Crippen LogP contribution < -0.4 is 10.6 Å². The van der Waals surface area contributed by atoms with Gasteiger partial charge in [0.25, 0.3) is 17.7 Å². The standard InChI is InChI=1S/C17H14N2O4S/c1-2-24-12-8-4-6-10(14(12)20)16(22)18-11-7-3-5-9-13(11)17(23)19-15(9)21/h3-8,20H,2H2,1H3,(H,18,22)(H,19,21,23). The first-order valence-electron chi connectivity index (χ1n) is 7.27. The Morgan fingerprint density at radius 2 is 1.92 bits per heavy atom. The van der Waals surface area contributed by atoms with E-state index in [1.165, 1.54) is 30.0 Å². The van der Waals surface area contributed by atoms with Gasteiger partial charge in [0.1, 0.15) is 5.75 Å². The van der Waals surface area contributed by atoms with E-state index in [4.69, 9.17) is 0 Å². The Kier molecular flexibility index (Phi) is 4.26. The first-order chi connectivity index (χ1) is 11.5. The van der Waals surface area contributed by atoms with Crippen molar-refractivity contribution >= 4 is 35.2 Å². The van der Waals surface area contributed by atoms with E-state index in [9.17, 15) is 19.5 Å². The molecular weight excluding hydrogens is 328 g/mol. The average Bonchev–Trinajstić information content (AvgIpc) is 2.85. The van der Waals surface area contributed by atoms with Crippen LogP contribution in [0.4, 0.5) is 5.69 Å². The van der Waals surface area contributed by atoms with Crippen molar-refractivity contribution in [2.75, 3.05) is 11.1 Å². The number of fused-ring (bicyclic) bond motifs is 1. The third-order valence-corrected chi connectivity index (χ3v) is 4.48. The summed E-state index contributed by atoms with van der Waals surface area (Å²) in [5.41, 5.74) is 0.691. The van der Waals surface area contributed by atoms with Crippen LogP contribution in [0.1, 0.15) is 38.0 Å². The van der Waals surface area contributed by atoms with Gasteiger partial charge >= 0.3 is 0 Å². The molecule has 7 heteroatoms. The summed E-state index contributed by atoms with van der Waals surface area (Å²) in [7, 11) is 0.